The number of anilines is 1. The van der Waals surface area contributed by atoms with Crippen LogP contribution in [0, 0.1) is 5.92 Å². The van der Waals surface area contributed by atoms with Crippen LogP contribution in [0.3, 0.4) is 0 Å². The number of benzene rings is 1. The Hall–Kier alpha value is -2.37. The molecule has 1 aromatic carbocycles. The molecular weight excluding hydrogens is 270 g/mol. The van der Waals surface area contributed by atoms with Gasteiger partial charge in [-0.3, -0.25) is 14.5 Å². The molecule has 2 aliphatic rings. The number of rotatable bonds is 3. The summed E-state index contributed by atoms with van der Waals surface area (Å²) >= 11 is 0. The van der Waals surface area contributed by atoms with Crippen LogP contribution in [-0.4, -0.2) is 29.3 Å². The van der Waals surface area contributed by atoms with Crippen molar-refractivity contribution in [2.45, 2.75) is 25.8 Å². The van der Waals surface area contributed by atoms with Crippen molar-refractivity contribution in [3.8, 4) is 0 Å². The van der Waals surface area contributed by atoms with Gasteiger partial charge in [-0.05, 0) is 18.4 Å². The molecule has 0 bridgehead atoms. The number of carbonyl (C=O) groups is 3. The van der Waals surface area contributed by atoms with Gasteiger partial charge in [0.25, 0.3) is 11.8 Å². The largest absolute Gasteiger partial charge is 0.325 e. The van der Waals surface area contributed by atoms with Crippen molar-refractivity contribution in [2.24, 2.45) is 5.92 Å². The lowest BCUT2D eigenvalue weighted by Crippen LogP contribution is -2.49. The number of hydrogen-bond acceptors (Lipinski definition) is 3. The van der Waals surface area contributed by atoms with Crippen LogP contribution in [0.5, 0.6) is 0 Å². The van der Waals surface area contributed by atoms with Crippen LogP contribution < -0.4 is 10.6 Å². The molecule has 1 atom stereocenters. The highest BCUT2D eigenvalue weighted by Crippen LogP contribution is 2.40. The molecule has 1 spiro atoms. The van der Waals surface area contributed by atoms with E-state index < -0.39 is 23.4 Å². The maximum atomic E-state index is 12.7. The predicted octanol–water partition coefficient (Wildman–Crippen LogP) is 1.43. The molecule has 2 heterocycles. The molecule has 1 fully saturated rings. The standard InChI is InChI=1S/C15H17N3O3/c1-9(2)7-8-18-13(20)15(17-14(18)21)10-5-3-4-6-11(10)16-12(15)19/h3-6,9H,7-8H2,1-2H3,(H,16,19)(H,17,21)/t15-/m1/s1. The first kappa shape index (κ1) is 13.6. The van der Waals surface area contributed by atoms with E-state index in [0.717, 1.165) is 4.90 Å². The molecule has 0 radical (unpaired) electrons. The van der Waals surface area contributed by atoms with E-state index in [0.29, 0.717) is 30.1 Å². The van der Waals surface area contributed by atoms with Crippen LogP contribution in [0.4, 0.5) is 10.5 Å². The third-order valence-corrected chi connectivity index (χ3v) is 3.96. The zero-order valence-electron chi connectivity index (χ0n) is 12.0. The van der Waals surface area contributed by atoms with Crippen molar-refractivity contribution in [3.63, 3.8) is 0 Å². The first-order valence-corrected chi connectivity index (χ1v) is 7.02. The van der Waals surface area contributed by atoms with Gasteiger partial charge < -0.3 is 10.6 Å². The fraction of sp³-hybridized carbons (Fsp3) is 0.400. The van der Waals surface area contributed by atoms with Crippen molar-refractivity contribution in [1.29, 1.82) is 0 Å². The number of hydrogen-bond donors (Lipinski definition) is 2. The first-order chi connectivity index (χ1) is 9.96. The number of para-hydroxylation sites is 1. The summed E-state index contributed by atoms with van der Waals surface area (Å²) in [6.45, 7) is 4.36. The lowest BCUT2D eigenvalue weighted by atomic mass is 9.91. The zero-order chi connectivity index (χ0) is 15.2. The molecule has 21 heavy (non-hydrogen) atoms. The quantitative estimate of drug-likeness (QED) is 0.652. The SMILES string of the molecule is CC(C)CCN1C(=O)N[C@]2(C(=O)Nc3ccccc32)C1=O. The van der Waals surface area contributed by atoms with Crippen LogP contribution in [-0.2, 0) is 15.1 Å². The molecule has 2 N–H and O–H groups in total. The van der Waals surface area contributed by atoms with E-state index >= 15 is 0 Å². The topological polar surface area (TPSA) is 78.5 Å². The normalized spacial score (nSPS) is 23.8. The maximum Gasteiger partial charge on any atom is 0.325 e. The molecule has 0 unspecified atom stereocenters. The van der Waals surface area contributed by atoms with Crippen molar-refractivity contribution in [3.05, 3.63) is 29.8 Å². The maximum absolute atomic E-state index is 12.7. The second kappa shape index (κ2) is 4.58. The number of nitrogens with one attached hydrogen (secondary N) is 2. The van der Waals surface area contributed by atoms with Gasteiger partial charge in [0.05, 0.1) is 0 Å². The van der Waals surface area contributed by atoms with Gasteiger partial charge in [0.2, 0.25) is 5.54 Å². The summed E-state index contributed by atoms with van der Waals surface area (Å²) in [6.07, 6.45) is 0.707. The van der Waals surface area contributed by atoms with E-state index in [4.69, 9.17) is 0 Å². The molecule has 4 amide bonds. The van der Waals surface area contributed by atoms with Gasteiger partial charge in [-0.15, -0.1) is 0 Å². The molecule has 1 aromatic rings. The average Bonchev–Trinajstić information content (AvgIpc) is 2.85. The minimum Gasteiger partial charge on any atom is -0.323 e. The molecule has 6 nitrogen and oxygen atoms in total. The third-order valence-electron chi connectivity index (χ3n) is 3.96. The fourth-order valence-electron chi connectivity index (χ4n) is 2.76. The molecular formula is C15H17N3O3. The molecule has 3 rings (SSSR count). The Bertz CT molecular complexity index is 641. The molecule has 1 saturated heterocycles. The second-order valence-corrected chi connectivity index (χ2v) is 5.82. The van der Waals surface area contributed by atoms with Crippen LogP contribution in [0.2, 0.25) is 0 Å². The number of imide groups is 1. The summed E-state index contributed by atoms with van der Waals surface area (Å²) in [6, 6.07) is 6.43. The lowest BCUT2D eigenvalue weighted by Gasteiger charge is -2.19. The summed E-state index contributed by atoms with van der Waals surface area (Å²) in [5, 5.41) is 5.25. The highest BCUT2D eigenvalue weighted by molar-refractivity contribution is 6.26. The van der Waals surface area contributed by atoms with Gasteiger partial charge in [-0.25, -0.2) is 4.79 Å². The van der Waals surface area contributed by atoms with Gasteiger partial charge in [-0.1, -0.05) is 32.0 Å². The Balaban J connectivity index is 1.98. The van der Waals surface area contributed by atoms with Crippen LogP contribution in [0.15, 0.2) is 24.3 Å². The van der Waals surface area contributed by atoms with Crippen LogP contribution in [0.1, 0.15) is 25.8 Å². The Kier molecular flexibility index (Phi) is 2.97. The highest BCUT2D eigenvalue weighted by Gasteiger charge is 2.61. The number of nitrogens with zero attached hydrogens (tertiary/aromatic N) is 1. The van der Waals surface area contributed by atoms with Crippen molar-refractivity contribution < 1.29 is 14.4 Å². The van der Waals surface area contributed by atoms with Gasteiger partial charge in [0.15, 0.2) is 0 Å². The van der Waals surface area contributed by atoms with Crippen molar-refractivity contribution >= 4 is 23.5 Å². The number of fused-ring (bicyclic) bond motifs is 2. The Labute approximate surface area is 122 Å². The van der Waals surface area contributed by atoms with E-state index in [1.165, 1.54) is 0 Å². The summed E-state index contributed by atoms with van der Waals surface area (Å²) in [7, 11) is 0. The number of carbonyl (C=O) groups excluding carboxylic acids is 3. The number of urea groups is 1. The molecule has 2 aliphatic heterocycles. The molecule has 0 aliphatic carbocycles. The van der Waals surface area contributed by atoms with E-state index in [1.807, 2.05) is 13.8 Å². The lowest BCUT2D eigenvalue weighted by molar-refractivity contribution is -0.137. The Morgan fingerprint density at radius 2 is 1.90 bits per heavy atom. The van der Waals surface area contributed by atoms with E-state index in [-0.39, 0.29) is 0 Å². The summed E-state index contributed by atoms with van der Waals surface area (Å²) in [5.74, 6) is -0.614. The monoisotopic (exact) mass is 287 g/mol. The van der Waals surface area contributed by atoms with E-state index in [2.05, 4.69) is 10.6 Å². The smallest absolute Gasteiger partial charge is 0.323 e. The van der Waals surface area contributed by atoms with Gasteiger partial charge in [0, 0.05) is 17.8 Å². The van der Waals surface area contributed by atoms with Crippen molar-refractivity contribution in [1.82, 2.24) is 10.2 Å². The van der Waals surface area contributed by atoms with E-state index in [9.17, 15) is 14.4 Å². The Morgan fingerprint density at radius 1 is 1.19 bits per heavy atom. The zero-order valence-corrected chi connectivity index (χ0v) is 12.0. The summed E-state index contributed by atoms with van der Waals surface area (Å²) in [4.78, 5) is 38.3. The Morgan fingerprint density at radius 3 is 2.62 bits per heavy atom. The minimum absolute atomic E-state index is 0.319. The molecule has 110 valence electrons. The van der Waals surface area contributed by atoms with Crippen LogP contribution >= 0.6 is 0 Å². The first-order valence-electron chi connectivity index (χ1n) is 7.02. The number of amides is 4. The molecule has 0 saturated carbocycles. The van der Waals surface area contributed by atoms with Crippen molar-refractivity contribution in [2.75, 3.05) is 11.9 Å². The molecule has 6 heteroatoms. The van der Waals surface area contributed by atoms with Gasteiger partial charge in [-0.2, -0.15) is 0 Å². The summed E-state index contributed by atoms with van der Waals surface area (Å²) < 4.78 is 0. The third kappa shape index (κ3) is 1.82. The molecule has 0 aromatic heterocycles. The average molecular weight is 287 g/mol. The predicted molar refractivity (Wildman–Crippen MR) is 76.4 cm³/mol. The fourth-order valence-corrected chi connectivity index (χ4v) is 2.76. The minimum atomic E-state index is -1.59. The van der Waals surface area contributed by atoms with E-state index in [1.54, 1.807) is 24.3 Å². The highest BCUT2D eigenvalue weighted by atomic mass is 16.2. The van der Waals surface area contributed by atoms with Gasteiger partial charge >= 0.3 is 6.03 Å². The summed E-state index contributed by atoms with van der Waals surface area (Å²) in [5.41, 5.74) is -0.507. The van der Waals surface area contributed by atoms with Crippen LogP contribution in [0.25, 0.3) is 0 Å². The second-order valence-electron chi connectivity index (χ2n) is 5.82. The van der Waals surface area contributed by atoms with Gasteiger partial charge in [0.1, 0.15) is 0 Å².